The van der Waals surface area contributed by atoms with E-state index in [9.17, 15) is 4.79 Å². The molecule has 0 radical (unpaired) electrons. The summed E-state index contributed by atoms with van der Waals surface area (Å²) in [5.74, 6) is 1.14. The van der Waals surface area contributed by atoms with Crippen LogP contribution in [0.5, 0.6) is 11.5 Å². The Bertz CT molecular complexity index is 983. The second-order valence-corrected chi connectivity index (χ2v) is 6.44. The zero-order valence-corrected chi connectivity index (χ0v) is 16.1. The number of nitrogens with zero attached hydrogens (tertiary/aromatic N) is 1. The lowest BCUT2D eigenvalue weighted by Crippen LogP contribution is -2.21. The number of ether oxygens (including phenoxy) is 2. The normalized spacial score (nSPS) is 10.7. The molecule has 5 heteroatoms. The number of pyridine rings is 1. The number of carbonyl (C=O) groups is 1. The van der Waals surface area contributed by atoms with Crippen molar-refractivity contribution in [1.29, 1.82) is 0 Å². The van der Waals surface area contributed by atoms with Crippen molar-refractivity contribution in [3.05, 3.63) is 59.3 Å². The number of para-hydroxylation sites is 1. The molecule has 0 saturated heterocycles. The predicted molar refractivity (Wildman–Crippen MR) is 108 cm³/mol. The van der Waals surface area contributed by atoms with E-state index < -0.39 is 0 Å². The third-order valence-corrected chi connectivity index (χ3v) is 4.47. The van der Waals surface area contributed by atoms with Crippen LogP contribution in [0.25, 0.3) is 10.9 Å². The molecule has 0 unspecified atom stereocenters. The van der Waals surface area contributed by atoms with Crippen molar-refractivity contribution < 1.29 is 14.3 Å². The maximum absolute atomic E-state index is 12.5. The summed E-state index contributed by atoms with van der Waals surface area (Å²) in [6, 6.07) is 13.5. The van der Waals surface area contributed by atoms with E-state index in [4.69, 9.17) is 9.47 Å². The Morgan fingerprint density at radius 3 is 2.70 bits per heavy atom. The maximum Gasteiger partial charge on any atom is 0.262 e. The van der Waals surface area contributed by atoms with Crippen molar-refractivity contribution >= 4 is 22.5 Å². The van der Waals surface area contributed by atoms with Crippen LogP contribution in [0, 0.1) is 13.8 Å². The number of hydrogen-bond donors (Lipinski definition) is 1. The summed E-state index contributed by atoms with van der Waals surface area (Å²) in [6.07, 6.45) is 0.853. The van der Waals surface area contributed by atoms with Crippen molar-refractivity contribution in [1.82, 2.24) is 4.98 Å². The third kappa shape index (κ3) is 4.19. The lowest BCUT2D eigenvalue weighted by molar-refractivity contribution is -0.118. The molecular weight excluding hydrogens is 340 g/mol. The van der Waals surface area contributed by atoms with E-state index in [0.717, 1.165) is 45.6 Å². The van der Waals surface area contributed by atoms with Gasteiger partial charge in [-0.1, -0.05) is 25.1 Å². The fraction of sp³-hybridized carbons (Fsp3) is 0.273. The molecule has 0 aliphatic rings. The van der Waals surface area contributed by atoms with E-state index >= 15 is 0 Å². The molecular formula is C22H24N2O3. The molecule has 0 bridgehead atoms. The first-order valence-corrected chi connectivity index (χ1v) is 8.98. The largest absolute Gasteiger partial charge is 0.497 e. The maximum atomic E-state index is 12.5. The lowest BCUT2D eigenvalue weighted by atomic mass is 10.1. The van der Waals surface area contributed by atoms with Gasteiger partial charge in [0.25, 0.3) is 5.91 Å². The second kappa shape index (κ2) is 8.08. The molecule has 0 saturated carbocycles. The minimum Gasteiger partial charge on any atom is -0.497 e. The molecule has 0 atom stereocenters. The van der Waals surface area contributed by atoms with E-state index in [1.165, 1.54) is 0 Å². The van der Waals surface area contributed by atoms with Gasteiger partial charge in [0.05, 0.1) is 12.6 Å². The van der Waals surface area contributed by atoms with Gasteiger partial charge in [0.1, 0.15) is 11.5 Å². The van der Waals surface area contributed by atoms with Gasteiger partial charge in [-0.3, -0.25) is 9.78 Å². The summed E-state index contributed by atoms with van der Waals surface area (Å²) in [5, 5.41) is 3.80. The summed E-state index contributed by atoms with van der Waals surface area (Å²) in [7, 11) is 1.62. The van der Waals surface area contributed by atoms with Crippen LogP contribution in [0.4, 0.5) is 5.69 Å². The number of carbonyl (C=O) groups excluding carboxylic acids is 1. The standard InChI is InChI=1S/C22H24N2O3/c1-5-16-8-6-7-14(2)22(16)24-21(25)13-27-20-11-15(3)23-19-10-9-17(26-4)12-18(19)20/h6-12H,5,13H2,1-4H3,(H,24,25). The second-order valence-electron chi connectivity index (χ2n) is 6.44. The fourth-order valence-electron chi connectivity index (χ4n) is 3.07. The van der Waals surface area contributed by atoms with E-state index in [2.05, 4.69) is 17.2 Å². The number of aryl methyl sites for hydroxylation is 3. The highest BCUT2D eigenvalue weighted by Gasteiger charge is 2.12. The number of aromatic nitrogens is 1. The van der Waals surface area contributed by atoms with E-state index in [1.54, 1.807) is 7.11 Å². The van der Waals surface area contributed by atoms with Gasteiger partial charge in [0, 0.05) is 22.8 Å². The molecule has 1 N–H and O–H groups in total. The summed E-state index contributed by atoms with van der Waals surface area (Å²) >= 11 is 0. The Morgan fingerprint density at radius 1 is 1.15 bits per heavy atom. The molecule has 0 aliphatic heterocycles. The number of methoxy groups -OCH3 is 1. The molecule has 140 valence electrons. The molecule has 2 aromatic carbocycles. The summed E-state index contributed by atoms with van der Waals surface area (Å²) in [6.45, 7) is 5.88. The first-order chi connectivity index (χ1) is 13.0. The minimum absolute atomic E-state index is 0.0761. The Morgan fingerprint density at radius 2 is 1.96 bits per heavy atom. The average molecular weight is 364 g/mol. The molecule has 1 heterocycles. The molecule has 1 aromatic heterocycles. The Balaban J connectivity index is 1.80. The fourth-order valence-corrected chi connectivity index (χ4v) is 3.07. The number of hydrogen-bond acceptors (Lipinski definition) is 4. The molecule has 0 fully saturated rings. The quantitative estimate of drug-likeness (QED) is 0.702. The van der Waals surface area contributed by atoms with Crippen LogP contribution in [0.2, 0.25) is 0 Å². The van der Waals surface area contributed by atoms with Crippen molar-refractivity contribution in [3.8, 4) is 11.5 Å². The van der Waals surface area contributed by atoms with Gasteiger partial charge in [-0.2, -0.15) is 0 Å². The lowest BCUT2D eigenvalue weighted by Gasteiger charge is -2.14. The number of benzene rings is 2. The van der Waals surface area contributed by atoms with Crippen LogP contribution >= 0.6 is 0 Å². The van der Waals surface area contributed by atoms with Gasteiger partial charge < -0.3 is 14.8 Å². The average Bonchev–Trinajstić information content (AvgIpc) is 2.67. The highest BCUT2D eigenvalue weighted by molar-refractivity contribution is 5.94. The predicted octanol–water partition coefficient (Wildman–Crippen LogP) is 4.44. The van der Waals surface area contributed by atoms with E-state index in [0.29, 0.717) is 5.75 Å². The molecule has 0 spiro atoms. The molecule has 27 heavy (non-hydrogen) atoms. The highest BCUT2D eigenvalue weighted by Crippen LogP contribution is 2.29. The Kier molecular flexibility index (Phi) is 5.60. The van der Waals surface area contributed by atoms with Crippen molar-refractivity contribution in [2.75, 3.05) is 19.0 Å². The van der Waals surface area contributed by atoms with Gasteiger partial charge in [-0.25, -0.2) is 0 Å². The number of amides is 1. The monoisotopic (exact) mass is 364 g/mol. The number of nitrogens with one attached hydrogen (secondary N) is 1. The van der Waals surface area contributed by atoms with Crippen molar-refractivity contribution in [3.63, 3.8) is 0 Å². The van der Waals surface area contributed by atoms with Gasteiger partial charge in [0.2, 0.25) is 0 Å². The highest BCUT2D eigenvalue weighted by atomic mass is 16.5. The zero-order valence-electron chi connectivity index (χ0n) is 16.1. The van der Waals surface area contributed by atoms with Gasteiger partial charge in [0.15, 0.2) is 6.61 Å². The topological polar surface area (TPSA) is 60.5 Å². The Hall–Kier alpha value is -3.08. The smallest absolute Gasteiger partial charge is 0.262 e. The number of anilines is 1. The Labute approximate surface area is 159 Å². The third-order valence-electron chi connectivity index (χ3n) is 4.47. The molecule has 3 aromatic rings. The molecule has 0 aliphatic carbocycles. The minimum atomic E-state index is -0.190. The molecule has 1 amide bonds. The van der Waals surface area contributed by atoms with Gasteiger partial charge in [-0.05, 0) is 49.6 Å². The van der Waals surface area contributed by atoms with Gasteiger partial charge >= 0.3 is 0 Å². The van der Waals surface area contributed by atoms with Crippen LogP contribution in [0.15, 0.2) is 42.5 Å². The summed E-state index contributed by atoms with van der Waals surface area (Å²) < 4.78 is 11.1. The number of fused-ring (bicyclic) bond motifs is 1. The zero-order chi connectivity index (χ0) is 19.4. The summed E-state index contributed by atoms with van der Waals surface area (Å²) in [4.78, 5) is 17.0. The van der Waals surface area contributed by atoms with Crippen LogP contribution in [-0.2, 0) is 11.2 Å². The van der Waals surface area contributed by atoms with Crippen molar-refractivity contribution in [2.24, 2.45) is 0 Å². The summed E-state index contributed by atoms with van der Waals surface area (Å²) in [5.41, 5.74) is 4.65. The van der Waals surface area contributed by atoms with Crippen LogP contribution < -0.4 is 14.8 Å². The SMILES string of the molecule is CCc1cccc(C)c1NC(=O)COc1cc(C)nc2ccc(OC)cc12. The van der Waals surface area contributed by atoms with Gasteiger partial charge in [-0.15, -0.1) is 0 Å². The molecule has 5 nitrogen and oxygen atoms in total. The van der Waals surface area contributed by atoms with Crippen molar-refractivity contribution in [2.45, 2.75) is 27.2 Å². The van der Waals surface area contributed by atoms with Crippen LogP contribution in [0.1, 0.15) is 23.7 Å². The first kappa shape index (κ1) is 18.7. The van der Waals surface area contributed by atoms with E-state index in [1.807, 2.05) is 56.3 Å². The van der Waals surface area contributed by atoms with Crippen LogP contribution in [0.3, 0.4) is 0 Å². The van der Waals surface area contributed by atoms with Crippen LogP contribution in [-0.4, -0.2) is 24.6 Å². The molecule has 3 rings (SSSR count). The first-order valence-electron chi connectivity index (χ1n) is 8.98. The van der Waals surface area contributed by atoms with E-state index in [-0.39, 0.29) is 12.5 Å². The number of rotatable bonds is 6.